The van der Waals surface area contributed by atoms with Gasteiger partial charge in [-0.1, -0.05) is 20.3 Å². The molecule has 2 saturated heterocycles. The Bertz CT molecular complexity index is 760. The van der Waals surface area contributed by atoms with Gasteiger partial charge < -0.3 is 25.2 Å². The Balaban J connectivity index is 0.00000129. The first-order chi connectivity index (χ1) is 16.4. The Hall–Kier alpha value is -2.68. The van der Waals surface area contributed by atoms with Crippen LogP contribution in [0.1, 0.15) is 52.9 Å². The van der Waals surface area contributed by atoms with E-state index in [0.29, 0.717) is 38.5 Å². The van der Waals surface area contributed by atoms with Crippen LogP contribution < -0.4 is 10.6 Å². The Labute approximate surface area is 203 Å². The van der Waals surface area contributed by atoms with Gasteiger partial charge in [-0.3, -0.25) is 19.4 Å². The smallest absolute Gasteiger partial charge is 0.315 e. The van der Waals surface area contributed by atoms with E-state index in [9.17, 15) is 14.4 Å². The monoisotopic (exact) mass is 475 g/mol. The maximum absolute atomic E-state index is 12.8. The van der Waals surface area contributed by atoms with Gasteiger partial charge in [0.1, 0.15) is 6.42 Å². The highest BCUT2D eigenvalue weighted by Crippen LogP contribution is 2.23. The zero-order valence-electron chi connectivity index (χ0n) is 20.9. The van der Waals surface area contributed by atoms with Gasteiger partial charge in [0.05, 0.1) is 12.6 Å². The molecule has 0 bridgehead atoms. The average molecular weight is 476 g/mol. The number of esters is 1. The maximum Gasteiger partial charge on any atom is 0.315 e. The number of nitrogens with zero attached hydrogens (tertiary/aromatic N) is 4. The first-order valence-electron chi connectivity index (χ1n) is 12.5. The molecule has 34 heavy (non-hydrogen) atoms. The van der Waals surface area contributed by atoms with Gasteiger partial charge in [0, 0.05) is 57.3 Å². The van der Waals surface area contributed by atoms with Crippen LogP contribution in [0.4, 0.5) is 5.69 Å². The van der Waals surface area contributed by atoms with Crippen LogP contribution in [0.25, 0.3) is 0 Å². The number of carbonyl (C=O) groups excluding carboxylic acids is 3. The first-order valence-corrected chi connectivity index (χ1v) is 12.5. The second-order valence-corrected chi connectivity index (χ2v) is 8.87. The summed E-state index contributed by atoms with van der Waals surface area (Å²) in [4.78, 5) is 46.4. The predicted octanol–water partition coefficient (Wildman–Crippen LogP) is 2.06. The Kier molecular flexibility index (Phi) is 11.8. The van der Waals surface area contributed by atoms with Crippen LogP contribution in [0.5, 0.6) is 0 Å². The lowest BCUT2D eigenvalue weighted by atomic mass is 9.90. The third-order valence-corrected chi connectivity index (χ3v) is 6.09. The van der Waals surface area contributed by atoms with Crippen molar-refractivity contribution >= 4 is 23.5 Å². The fourth-order valence-corrected chi connectivity index (χ4v) is 4.30. The molecule has 0 spiro atoms. The van der Waals surface area contributed by atoms with Crippen molar-refractivity contribution in [1.29, 1.82) is 0 Å². The third kappa shape index (κ3) is 8.59. The molecule has 0 aliphatic carbocycles. The number of piperidine rings is 1. The molecule has 3 heterocycles. The lowest BCUT2D eigenvalue weighted by molar-refractivity contribution is -0.149. The molecule has 9 heteroatoms. The van der Waals surface area contributed by atoms with Crippen molar-refractivity contribution in [2.75, 3.05) is 50.8 Å². The van der Waals surface area contributed by atoms with Crippen molar-refractivity contribution in [2.45, 2.75) is 58.9 Å². The summed E-state index contributed by atoms with van der Waals surface area (Å²) < 4.78 is 4.84. The standard InChI is InChI=1S/C22H33N5O4.C3H8/c1-2-31-21(29)16-20(28)26-9-5-17(6-10-26)15-19(23)22(30)27-13-11-25(12-14-27)18-3-7-24-8-4-18;1-3-2/h3-4,7-8,17,19H,2,5-6,9-16,23H2,1H3;3H2,1-2H3. The van der Waals surface area contributed by atoms with Crippen molar-refractivity contribution in [3.8, 4) is 0 Å². The quantitative estimate of drug-likeness (QED) is 0.475. The summed E-state index contributed by atoms with van der Waals surface area (Å²) in [7, 11) is 0. The molecular weight excluding hydrogens is 434 g/mol. The van der Waals surface area contributed by atoms with Crippen LogP contribution in [-0.4, -0.2) is 84.5 Å². The largest absolute Gasteiger partial charge is 0.466 e. The molecule has 0 aromatic carbocycles. The van der Waals surface area contributed by atoms with E-state index in [4.69, 9.17) is 10.5 Å². The summed E-state index contributed by atoms with van der Waals surface area (Å²) in [6, 6.07) is 3.44. The number of anilines is 1. The number of aromatic nitrogens is 1. The molecule has 2 amide bonds. The van der Waals surface area contributed by atoms with Crippen LogP contribution in [0.2, 0.25) is 0 Å². The van der Waals surface area contributed by atoms with Gasteiger partial charge in [0.15, 0.2) is 0 Å². The number of hydrogen-bond donors (Lipinski definition) is 1. The van der Waals surface area contributed by atoms with E-state index in [2.05, 4.69) is 23.7 Å². The molecule has 9 nitrogen and oxygen atoms in total. The molecule has 1 aromatic rings. The average Bonchev–Trinajstić information content (AvgIpc) is 2.85. The highest BCUT2D eigenvalue weighted by molar-refractivity contribution is 5.94. The minimum atomic E-state index is -0.515. The van der Waals surface area contributed by atoms with Crippen LogP contribution >= 0.6 is 0 Å². The van der Waals surface area contributed by atoms with E-state index in [0.717, 1.165) is 31.6 Å². The van der Waals surface area contributed by atoms with Crippen molar-refractivity contribution in [1.82, 2.24) is 14.8 Å². The molecule has 190 valence electrons. The fraction of sp³-hybridized carbons (Fsp3) is 0.680. The number of carbonyl (C=O) groups is 3. The fourth-order valence-electron chi connectivity index (χ4n) is 4.30. The number of piperazine rings is 1. The number of ether oxygens (including phenoxy) is 1. The lowest BCUT2D eigenvalue weighted by Crippen LogP contribution is -2.53. The van der Waals surface area contributed by atoms with Crippen molar-refractivity contribution in [3.05, 3.63) is 24.5 Å². The summed E-state index contributed by atoms with van der Waals surface area (Å²) in [5.74, 6) is -0.352. The number of rotatable bonds is 7. The summed E-state index contributed by atoms with van der Waals surface area (Å²) in [6.45, 7) is 10.3. The van der Waals surface area contributed by atoms with Gasteiger partial charge in [-0.25, -0.2) is 0 Å². The second kappa shape index (κ2) is 14.6. The predicted molar refractivity (Wildman–Crippen MR) is 132 cm³/mol. The normalized spacial score (nSPS) is 17.5. The highest BCUT2D eigenvalue weighted by atomic mass is 16.5. The summed E-state index contributed by atoms with van der Waals surface area (Å²) in [6.07, 6.45) is 6.82. The number of hydrogen-bond acceptors (Lipinski definition) is 7. The SMILES string of the molecule is CCC.CCOC(=O)CC(=O)N1CCC(CC(N)C(=O)N2CCN(c3ccncc3)CC2)CC1. The Morgan fingerprint density at radius 3 is 2.15 bits per heavy atom. The molecule has 2 N–H and O–H groups in total. The van der Waals surface area contributed by atoms with Crippen LogP contribution in [0.15, 0.2) is 24.5 Å². The van der Waals surface area contributed by atoms with Crippen LogP contribution in [0, 0.1) is 5.92 Å². The van der Waals surface area contributed by atoms with Crippen molar-refractivity contribution in [3.63, 3.8) is 0 Å². The molecular formula is C25H41N5O4. The van der Waals surface area contributed by atoms with E-state index in [1.807, 2.05) is 17.0 Å². The molecule has 1 atom stereocenters. The van der Waals surface area contributed by atoms with E-state index in [1.54, 1.807) is 24.2 Å². The van der Waals surface area contributed by atoms with Gasteiger partial charge in [-0.2, -0.15) is 0 Å². The summed E-state index contributed by atoms with van der Waals surface area (Å²) >= 11 is 0. The van der Waals surface area contributed by atoms with Crippen molar-refractivity contribution in [2.24, 2.45) is 11.7 Å². The molecule has 3 rings (SSSR count). The molecule has 0 saturated carbocycles. The third-order valence-electron chi connectivity index (χ3n) is 6.09. The summed E-state index contributed by atoms with van der Waals surface area (Å²) in [5.41, 5.74) is 7.38. The van der Waals surface area contributed by atoms with Gasteiger partial charge in [-0.15, -0.1) is 0 Å². The lowest BCUT2D eigenvalue weighted by Gasteiger charge is -2.38. The Morgan fingerprint density at radius 2 is 1.59 bits per heavy atom. The van der Waals surface area contributed by atoms with E-state index in [-0.39, 0.29) is 24.8 Å². The van der Waals surface area contributed by atoms with Crippen molar-refractivity contribution < 1.29 is 19.1 Å². The second-order valence-electron chi connectivity index (χ2n) is 8.87. The number of amides is 2. The molecule has 1 unspecified atom stereocenters. The van der Waals surface area contributed by atoms with Gasteiger partial charge >= 0.3 is 5.97 Å². The highest BCUT2D eigenvalue weighted by Gasteiger charge is 2.30. The summed E-state index contributed by atoms with van der Waals surface area (Å²) in [5, 5.41) is 0. The van der Waals surface area contributed by atoms with E-state index >= 15 is 0 Å². The molecule has 0 radical (unpaired) electrons. The van der Waals surface area contributed by atoms with Gasteiger partial charge in [0.25, 0.3) is 0 Å². The topological polar surface area (TPSA) is 109 Å². The van der Waals surface area contributed by atoms with E-state index in [1.165, 1.54) is 6.42 Å². The first kappa shape index (κ1) is 27.6. The number of pyridine rings is 1. The number of nitrogens with two attached hydrogens (primary N) is 1. The molecule has 2 aliphatic rings. The maximum atomic E-state index is 12.8. The van der Waals surface area contributed by atoms with Crippen LogP contribution in [0.3, 0.4) is 0 Å². The minimum absolute atomic E-state index is 0.00944. The molecule has 1 aromatic heterocycles. The van der Waals surface area contributed by atoms with E-state index < -0.39 is 12.0 Å². The Morgan fingerprint density at radius 1 is 1.00 bits per heavy atom. The number of likely N-dealkylation sites (tertiary alicyclic amines) is 1. The minimum Gasteiger partial charge on any atom is -0.466 e. The molecule has 2 fully saturated rings. The van der Waals surface area contributed by atoms with Gasteiger partial charge in [0.2, 0.25) is 11.8 Å². The zero-order valence-corrected chi connectivity index (χ0v) is 20.9. The van der Waals surface area contributed by atoms with Gasteiger partial charge in [-0.05, 0) is 44.2 Å². The van der Waals surface area contributed by atoms with Crippen LogP contribution in [-0.2, 0) is 19.1 Å². The zero-order chi connectivity index (χ0) is 24.9. The molecule has 2 aliphatic heterocycles.